The molecule has 4 bridgehead atoms. The maximum Gasteiger partial charge on any atom is 0.221 e. The van der Waals surface area contributed by atoms with E-state index in [4.69, 9.17) is 0 Å². The SMILES string of the molecule is O=C(CCN1CCN(c2ccccc2)CC1)NCC1C2CC3CC(C2)CC1C3. The van der Waals surface area contributed by atoms with Crippen LogP contribution in [-0.2, 0) is 4.79 Å². The summed E-state index contributed by atoms with van der Waals surface area (Å²) in [5.41, 5.74) is 1.32. The Kier molecular flexibility index (Phi) is 5.32. The summed E-state index contributed by atoms with van der Waals surface area (Å²) in [6, 6.07) is 10.7. The molecule has 1 amide bonds. The first-order chi connectivity index (χ1) is 13.7. The van der Waals surface area contributed by atoms with Crippen molar-refractivity contribution in [3.05, 3.63) is 30.3 Å². The van der Waals surface area contributed by atoms with Crippen molar-refractivity contribution in [2.24, 2.45) is 29.6 Å². The van der Waals surface area contributed by atoms with Gasteiger partial charge in [0.1, 0.15) is 0 Å². The average Bonchev–Trinajstić information content (AvgIpc) is 2.72. The lowest BCUT2D eigenvalue weighted by atomic mass is 9.52. The van der Waals surface area contributed by atoms with Gasteiger partial charge >= 0.3 is 0 Å². The van der Waals surface area contributed by atoms with Crippen molar-refractivity contribution in [1.82, 2.24) is 10.2 Å². The van der Waals surface area contributed by atoms with E-state index in [0.717, 1.165) is 68.9 Å². The number of nitrogens with one attached hydrogen (secondary N) is 1. The molecule has 28 heavy (non-hydrogen) atoms. The second kappa shape index (κ2) is 8.06. The Bertz CT molecular complexity index is 640. The van der Waals surface area contributed by atoms with E-state index in [1.165, 1.54) is 37.8 Å². The van der Waals surface area contributed by atoms with Gasteiger partial charge in [-0.1, -0.05) is 18.2 Å². The Morgan fingerprint density at radius 2 is 1.54 bits per heavy atom. The van der Waals surface area contributed by atoms with E-state index in [9.17, 15) is 4.79 Å². The normalized spacial score (nSPS) is 34.6. The molecule has 4 nitrogen and oxygen atoms in total. The number of para-hydroxylation sites is 1. The Morgan fingerprint density at radius 1 is 0.893 bits per heavy atom. The van der Waals surface area contributed by atoms with Crippen LogP contribution in [0.3, 0.4) is 0 Å². The monoisotopic (exact) mass is 381 g/mol. The first-order valence-electron chi connectivity index (χ1n) is 11.5. The molecule has 1 aromatic rings. The molecule has 1 aromatic carbocycles. The first kappa shape index (κ1) is 18.5. The molecule has 1 heterocycles. The molecule has 0 spiro atoms. The summed E-state index contributed by atoms with van der Waals surface area (Å²) in [4.78, 5) is 17.4. The predicted octanol–water partition coefficient (Wildman–Crippen LogP) is 3.39. The van der Waals surface area contributed by atoms with Crippen LogP contribution in [0.5, 0.6) is 0 Å². The van der Waals surface area contributed by atoms with E-state index in [-0.39, 0.29) is 5.91 Å². The highest BCUT2D eigenvalue weighted by molar-refractivity contribution is 5.76. The van der Waals surface area contributed by atoms with Crippen LogP contribution in [0.4, 0.5) is 5.69 Å². The Hall–Kier alpha value is -1.55. The Labute approximate surface area is 169 Å². The number of hydrogen-bond donors (Lipinski definition) is 1. The lowest BCUT2D eigenvalue weighted by molar-refractivity contribution is -0.122. The van der Waals surface area contributed by atoms with E-state index >= 15 is 0 Å². The molecule has 4 saturated carbocycles. The van der Waals surface area contributed by atoms with Crippen molar-refractivity contribution in [2.75, 3.05) is 44.2 Å². The van der Waals surface area contributed by atoms with Crippen LogP contribution in [0, 0.1) is 29.6 Å². The highest BCUT2D eigenvalue weighted by atomic mass is 16.1. The number of carbonyl (C=O) groups excluding carboxylic acids is 1. The van der Waals surface area contributed by atoms with Crippen LogP contribution >= 0.6 is 0 Å². The van der Waals surface area contributed by atoms with Crippen molar-refractivity contribution in [1.29, 1.82) is 0 Å². The molecule has 0 unspecified atom stereocenters. The van der Waals surface area contributed by atoms with Gasteiger partial charge < -0.3 is 10.2 Å². The Balaban J connectivity index is 1.02. The Morgan fingerprint density at radius 3 is 2.18 bits per heavy atom. The number of amides is 1. The number of piperazine rings is 1. The third-order valence-electron chi connectivity index (χ3n) is 8.11. The molecule has 0 radical (unpaired) electrons. The van der Waals surface area contributed by atoms with Crippen LogP contribution in [0.2, 0.25) is 0 Å². The smallest absolute Gasteiger partial charge is 0.221 e. The minimum Gasteiger partial charge on any atom is -0.369 e. The molecule has 1 N–H and O–H groups in total. The maximum atomic E-state index is 12.5. The summed E-state index contributed by atoms with van der Waals surface area (Å²) in [6.07, 6.45) is 7.93. The summed E-state index contributed by atoms with van der Waals surface area (Å²) in [6.45, 7) is 6.06. The van der Waals surface area contributed by atoms with Crippen LogP contribution in [0.25, 0.3) is 0 Å². The van der Waals surface area contributed by atoms with Crippen molar-refractivity contribution < 1.29 is 4.79 Å². The number of rotatable bonds is 6. The molecule has 1 saturated heterocycles. The quantitative estimate of drug-likeness (QED) is 0.820. The van der Waals surface area contributed by atoms with Gasteiger partial charge in [-0.25, -0.2) is 0 Å². The zero-order valence-electron chi connectivity index (χ0n) is 17.1. The third kappa shape index (κ3) is 3.94. The molecule has 1 aliphatic heterocycles. The summed E-state index contributed by atoms with van der Waals surface area (Å²) in [5, 5.41) is 3.31. The molecule has 0 atom stereocenters. The van der Waals surface area contributed by atoms with Gasteiger partial charge in [-0.3, -0.25) is 9.69 Å². The molecule has 0 aromatic heterocycles. The zero-order valence-corrected chi connectivity index (χ0v) is 17.1. The van der Waals surface area contributed by atoms with Gasteiger partial charge in [-0.2, -0.15) is 0 Å². The lowest BCUT2D eigenvalue weighted by Gasteiger charge is -2.54. The van der Waals surface area contributed by atoms with Gasteiger partial charge in [0.15, 0.2) is 0 Å². The van der Waals surface area contributed by atoms with Crippen LogP contribution < -0.4 is 10.2 Å². The topological polar surface area (TPSA) is 35.6 Å². The fourth-order valence-electron chi connectivity index (χ4n) is 6.82. The van der Waals surface area contributed by atoms with E-state index in [0.29, 0.717) is 6.42 Å². The highest BCUT2D eigenvalue weighted by Crippen LogP contribution is 2.56. The molecule has 152 valence electrons. The molecule has 4 heteroatoms. The van der Waals surface area contributed by atoms with Crippen LogP contribution in [0.15, 0.2) is 30.3 Å². The second-order valence-corrected chi connectivity index (χ2v) is 9.81. The predicted molar refractivity (Wildman–Crippen MR) is 113 cm³/mol. The van der Waals surface area contributed by atoms with E-state index in [1.54, 1.807) is 0 Å². The standard InChI is InChI=1S/C24H35N3O/c28-24(25-17-23-20-13-18-12-19(15-20)16-21(23)14-18)6-7-26-8-10-27(11-9-26)22-4-2-1-3-5-22/h1-5,18-21,23H,6-17H2,(H,25,28). The summed E-state index contributed by atoms with van der Waals surface area (Å²) < 4.78 is 0. The number of nitrogens with zero attached hydrogens (tertiary/aromatic N) is 2. The fraction of sp³-hybridized carbons (Fsp3) is 0.708. The van der Waals surface area contributed by atoms with E-state index in [1.807, 2.05) is 0 Å². The van der Waals surface area contributed by atoms with E-state index < -0.39 is 0 Å². The van der Waals surface area contributed by atoms with Gasteiger partial charge in [0.25, 0.3) is 0 Å². The van der Waals surface area contributed by atoms with Gasteiger partial charge in [0.05, 0.1) is 0 Å². The second-order valence-electron chi connectivity index (χ2n) is 9.81. The number of benzene rings is 1. The minimum absolute atomic E-state index is 0.263. The highest BCUT2D eigenvalue weighted by Gasteiger charge is 2.47. The largest absolute Gasteiger partial charge is 0.369 e. The van der Waals surface area contributed by atoms with Crippen molar-refractivity contribution >= 4 is 11.6 Å². The minimum atomic E-state index is 0.263. The summed E-state index contributed by atoms with van der Waals surface area (Å²) in [7, 11) is 0. The van der Waals surface area contributed by atoms with Crippen LogP contribution in [-0.4, -0.2) is 50.1 Å². The molecular weight excluding hydrogens is 346 g/mol. The number of hydrogen-bond acceptors (Lipinski definition) is 3. The number of carbonyl (C=O) groups is 1. The third-order valence-corrected chi connectivity index (χ3v) is 8.11. The molecule has 4 aliphatic carbocycles. The molecule has 5 fully saturated rings. The fourth-order valence-corrected chi connectivity index (χ4v) is 6.82. The van der Waals surface area contributed by atoms with Gasteiger partial charge in [-0.15, -0.1) is 0 Å². The maximum absolute atomic E-state index is 12.5. The summed E-state index contributed by atoms with van der Waals surface area (Å²) in [5.74, 6) is 4.88. The van der Waals surface area contributed by atoms with Crippen molar-refractivity contribution in [3.8, 4) is 0 Å². The van der Waals surface area contributed by atoms with Crippen molar-refractivity contribution in [3.63, 3.8) is 0 Å². The molecule has 5 aliphatic rings. The lowest BCUT2D eigenvalue weighted by Crippen LogP contribution is -2.49. The van der Waals surface area contributed by atoms with Crippen molar-refractivity contribution in [2.45, 2.75) is 38.5 Å². The van der Waals surface area contributed by atoms with Crippen LogP contribution in [0.1, 0.15) is 38.5 Å². The molecular formula is C24H35N3O. The van der Waals surface area contributed by atoms with Gasteiger partial charge in [-0.05, 0) is 73.8 Å². The van der Waals surface area contributed by atoms with E-state index in [2.05, 4.69) is 45.4 Å². The zero-order chi connectivity index (χ0) is 18.9. The van der Waals surface area contributed by atoms with Gasteiger partial charge in [0, 0.05) is 51.4 Å². The van der Waals surface area contributed by atoms with Gasteiger partial charge in [0.2, 0.25) is 5.91 Å². The first-order valence-corrected chi connectivity index (χ1v) is 11.5. The number of anilines is 1. The summed E-state index contributed by atoms with van der Waals surface area (Å²) >= 11 is 0. The average molecular weight is 382 g/mol. The molecule has 6 rings (SSSR count).